The largest absolute Gasteiger partial charge is 0.341 e. The van der Waals surface area contributed by atoms with Crippen LogP contribution >= 0.6 is 0 Å². The number of carbonyl (C=O) groups is 1. The van der Waals surface area contributed by atoms with E-state index in [4.69, 9.17) is 5.73 Å². The highest BCUT2D eigenvalue weighted by Crippen LogP contribution is 2.31. The molecule has 5 heteroatoms. The van der Waals surface area contributed by atoms with E-state index in [-0.39, 0.29) is 11.6 Å². The van der Waals surface area contributed by atoms with Gasteiger partial charge in [0.15, 0.2) is 0 Å². The van der Waals surface area contributed by atoms with Crippen molar-refractivity contribution in [3.63, 3.8) is 0 Å². The molecule has 1 amide bonds. The third kappa shape index (κ3) is 3.17. The standard InChI is InChI=1S/C17H32N4O/c1-19-17(8-4-14(18)5-9-17)16(22)21-12-6-15(7-13-21)20-10-2-3-11-20/h14-15,19H,2-13,18H2,1H3. The average molecular weight is 308 g/mol. The first-order chi connectivity index (χ1) is 10.6. The molecule has 0 atom stereocenters. The zero-order chi connectivity index (χ0) is 15.6. The number of likely N-dealkylation sites (tertiary alicyclic amines) is 2. The normalized spacial score (nSPS) is 35.0. The SMILES string of the molecule is CNC1(C(=O)N2CCC(N3CCCC3)CC2)CCC(N)CC1. The lowest BCUT2D eigenvalue weighted by molar-refractivity contribution is -0.141. The van der Waals surface area contributed by atoms with Gasteiger partial charge in [0.25, 0.3) is 0 Å². The molecule has 2 saturated heterocycles. The number of nitrogens with zero attached hydrogens (tertiary/aromatic N) is 2. The molecule has 3 rings (SSSR count). The first-order valence-corrected chi connectivity index (χ1v) is 9.12. The summed E-state index contributed by atoms with van der Waals surface area (Å²) in [4.78, 5) is 17.8. The van der Waals surface area contributed by atoms with Crippen molar-refractivity contribution in [2.45, 2.75) is 69.0 Å². The molecule has 0 unspecified atom stereocenters. The first kappa shape index (κ1) is 16.2. The van der Waals surface area contributed by atoms with E-state index in [1.54, 1.807) is 0 Å². The van der Waals surface area contributed by atoms with Crippen molar-refractivity contribution in [2.24, 2.45) is 5.73 Å². The monoisotopic (exact) mass is 308 g/mol. The number of hydrogen-bond acceptors (Lipinski definition) is 4. The van der Waals surface area contributed by atoms with Crippen LogP contribution in [-0.4, -0.2) is 66.6 Å². The van der Waals surface area contributed by atoms with E-state index in [1.165, 1.54) is 25.9 Å². The fourth-order valence-corrected chi connectivity index (χ4v) is 4.55. The number of carbonyl (C=O) groups excluding carboxylic acids is 1. The van der Waals surface area contributed by atoms with Crippen molar-refractivity contribution < 1.29 is 4.79 Å². The summed E-state index contributed by atoms with van der Waals surface area (Å²) in [6.45, 7) is 4.37. The van der Waals surface area contributed by atoms with E-state index in [1.807, 2.05) is 7.05 Å². The Morgan fingerprint density at radius 2 is 1.64 bits per heavy atom. The molecule has 3 aliphatic rings. The first-order valence-electron chi connectivity index (χ1n) is 9.12. The van der Waals surface area contributed by atoms with Crippen molar-refractivity contribution in [3.8, 4) is 0 Å². The van der Waals surface area contributed by atoms with Crippen molar-refractivity contribution in [3.05, 3.63) is 0 Å². The molecule has 5 nitrogen and oxygen atoms in total. The lowest BCUT2D eigenvalue weighted by atomic mass is 9.78. The molecule has 1 aliphatic carbocycles. The minimum atomic E-state index is -0.351. The van der Waals surface area contributed by atoms with E-state index in [0.717, 1.165) is 51.6 Å². The zero-order valence-electron chi connectivity index (χ0n) is 14.0. The van der Waals surface area contributed by atoms with Crippen molar-refractivity contribution >= 4 is 5.91 Å². The van der Waals surface area contributed by atoms with E-state index in [0.29, 0.717) is 11.9 Å². The summed E-state index contributed by atoms with van der Waals surface area (Å²) in [5.74, 6) is 0.321. The van der Waals surface area contributed by atoms with Crippen molar-refractivity contribution in [2.75, 3.05) is 33.2 Å². The lowest BCUT2D eigenvalue weighted by Gasteiger charge is -2.44. The number of hydrogen-bond donors (Lipinski definition) is 2. The molecular weight excluding hydrogens is 276 g/mol. The van der Waals surface area contributed by atoms with Gasteiger partial charge in [-0.1, -0.05) is 0 Å². The zero-order valence-corrected chi connectivity index (χ0v) is 14.0. The summed E-state index contributed by atoms with van der Waals surface area (Å²) in [6.07, 6.45) is 8.67. The van der Waals surface area contributed by atoms with Gasteiger partial charge in [0.2, 0.25) is 5.91 Å². The Kier molecular flexibility index (Phi) is 5.05. The molecule has 3 fully saturated rings. The van der Waals surface area contributed by atoms with Crippen LogP contribution in [0, 0.1) is 0 Å². The quantitative estimate of drug-likeness (QED) is 0.814. The molecule has 0 spiro atoms. The minimum absolute atomic E-state index is 0.273. The molecule has 0 aromatic heterocycles. The molecule has 0 aromatic rings. The molecule has 0 aromatic carbocycles. The number of amides is 1. The van der Waals surface area contributed by atoms with Crippen LogP contribution in [-0.2, 0) is 4.79 Å². The van der Waals surface area contributed by atoms with Crippen LogP contribution in [0.1, 0.15) is 51.4 Å². The Morgan fingerprint density at radius 3 is 2.18 bits per heavy atom. The van der Waals surface area contributed by atoms with Gasteiger partial charge in [0.1, 0.15) is 0 Å². The highest BCUT2D eigenvalue weighted by molar-refractivity contribution is 5.86. The number of likely N-dealkylation sites (N-methyl/N-ethyl adjacent to an activating group) is 1. The topological polar surface area (TPSA) is 61.6 Å². The fourth-order valence-electron chi connectivity index (χ4n) is 4.55. The van der Waals surface area contributed by atoms with Gasteiger partial charge in [-0.2, -0.15) is 0 Å². The van der Waals surface area contributed by atoms with Crippen molar-refractivity contribution in [1.29, 1.82) is 0 Å². The van der Waals surface area contributed by atoms with Crippen LogP contribution in [0.2, 0.25) is 0 Å². The van der Waals surface area contributed by atoms with Crippen molar-refractivity contribution in [1.82, 2.24) is 15.1 Å². The lowest BCUT2D eigenvalue weighted by Crippen LogP contribution is -2.61. The molecule has 22 heavy (non-hydrogen) atoms. The van der Waals surface area contributed by atoms with Gasteiger partial charge in [0, 0.05) is 25.2 Å². The maximum Gasteiger partial charge on any atom is 0.242 e. The second-order valence-corrected chi connectivity index (χ2v) is 7.44. The molecular formula is C17H32N4O. The summed E-state index contributed by atoms with van der Waals surface area (Å²) in [5.41, 5.74) is 5.67. The van der Waals surface area contributed by atoms with Gasteiger partial charge in [-0.05, 0) is 71.5 Å². The Balaban J connectivity index is 1.56. The Labute approximate surface area is 134 Å². The molecule has 2 aliphatic heterocycles. The Bertz CT molecular complexity index is 378. The smallest absolute Gasteiger partial charge is 0.242 e. The summed E-state index contributed by atoms with van der Waals surface area (Å²) in [5, 5.41) is 3.34. The van der Waals surface area contributed by atoms with Gasteiger partial charge < -0.3 is 20.9 Å². The average Bonchev–Trinajstić information content (AvgIpc) is 3.10. The third-order valence-electron chi connectivity index (χ3n) is 6.18. The number of rotatable bonds is 3. The summed E-state index contributed by atoms with van der Waals surface area (Å²) in [7, 11) is 1.94. The van der Waals surface area contributed by atoms with Gasteiger partial charge in [-0.15, -0.1) is 0 Å². The summed E-state index contributed by atoms with van der Waals surface area (Å²) < 4.78 is 0. The van der Waals surface area contributed by atoms with Crippen LogP contribution in [0.5, 0.6) is 0 Å². The molecule has 0 radical (unpaired) electrons. The van der Waals surface area contributed by atoms with Crippen LogP contribution in [0.25, 0.3) is 0 Å². The number of nitrogens with two attached hydrogens (primary N) is 1. The maximum absolute atomic E-state index is 13.0. The predicted molar refractivity (Wildman–Crippen MR) is 88.6 cm³/mol. The third-order valence-corrected chi connectivity index (χ3v) is 6.18. The highest BCUT2D eigenvalue weighted by atomic mass is 16.2. The minimum Gasteiger partial charge on any atom is -0.341 e. The van der Waals surface area contributed by atoms with E-state index in [9.17, 15) is 4.79 Å². The van der Waals surface area contributed by atoms with E-state index in [2.05, 4.69) is 15.1 Å². The molecule has 126 valence electrons. The summed E-state index contributed by atoms with van der Waals surface area (Å²) in [6, 6.07) is 0.979. The van der Waals surface area contributed by atoms with Crippen LogP contribution in [0.15, 0.2) is 0 Å². The Hall–Kier alpha value is -0.650. The van der Waals surface area contributed by atoms with E-state index < -0.39 is 0 Å². The predicted octanol–water partition coefficient (Wildman–Crippen LogP) is 0.933. The van der Waals surface area contributed by atoms with Gasteiger partial charge >= 0.3 is 0 Å². The van der Waals surface area contributed by atoms with Crippen LogP contribution in [0.3, 0.4) is 0 Å². The van der Waals surface area contributed by atoms with Crippen LogP contribution < -0.4 is 11.1 Å². The molecule has 3 N–H and O–H groups in total. The maximum atomic E-state index is 13.0. The van der Waals surface area contributed by atoms with Gasteiger partial charge in [-0.3, -0.25) is 4.79 Å². The fraction of sp³-hybridized carbons (Fsp3) is 0.941. The highest BCUT2D eigenvalue weighted by Gasteiger charge is 2.43. The molecule has 0 bridgehead atoms. The second kappa shape index (κ2) is 6.85. The molecule has 1 saturated carbocycles. The van der Waals surface area contributed by atoms with Crippen LogP contribution in [0.4, 0.5) is 0 Å². The Morgan fingerprint density at radius 1 is 1.05 bits per heavy atom. The summed E-state index contributed by atoms with van der Waals surface area (Å²) >= 11 is 0. The van der Waals surface area contributed by atoms with Gasteiger partial charge in [-0.25, -0.2) is 0 Å². The molecule has 2 heterocycles. The van der Waals surface area contributed by atoms with Gasteiger partial charge in [0.05, 0.1) is 5.54 Å². The number of piperidine rings is 1. The van der Waals surface area contributed by atoms with E-state index >= 15 is 0 Å². The second-order valence-electron chi connectivity index (χ2n) is 7.44. The number of nitrogens with one attached hydrogen (secondary N) is 1.